The highest BCUT2D eigenvalue weighted by atomic mass is 15.2. The van der Waals surface area contributed by atoms with Crippen LogP contribution in [-0.2, 0) is 0 Å². The molecular weight excluding hydrogens is 172 g/mol. The Balaban J connectivity index is 2.04. The third-order valence-electron chi connectivity index (χ3n) is 4.13. The van der Waals surface area contributed by atoms with E-state index in [0.29, 0.717) is 0 Å². The van der Waals surface area contributed by atoms with Gasteiger partial charge in [-0.1, -0.05) is 13.8 Å². The second-order valence-electron chi connectivity index (χ2n) is 5.47. The summed E-state index contributed by atoms with van der Waals surface area (Å²) in [6.07, 6.45) is 4.14. The van der Waals surface area contributed by atoms with Crippen LogP contribution in [-0.4, -0.2) is 30.6 Å². The Labute approximate surface area is 87.8 Å². The number of piperidine rings is 3. The van der Waals surface area contributed by atoms with E-state index in [9.17, 15) is 0 Å². The Kier molecular flexibility index (Phi) is 3.13. The topological polar surface area (TPSA) is 29.3 Å². The molecule has 3 heterocycles. The zero-order valence-corrected chi connectivity index (χ0v) is 9.58. The lowest BCUT2D eigenvalue weighted by molar-refractivity contribution is -0.0150. The van der Waals surface area contributed by atoms with Crippen LogP contribution >= 0.6 is 0 Å². The normalized spacial score (nSPS) is 42.0. The van der Waals surface area contributed by atoms with Crippen LogP contribution in [0, 0.1) is 17.8 Å². The molecule has 0 aromatic rings. The molecule has 82 valence electrons. The molecule has 3 fully saturated rings. The zero-order chi connectivity index (χ0) is 10.1. The van der Waals surface area contributed by atoms with E-state index in [0.717, 1.165) is 30.3 Å². The summed E-state index contributed by atoms with van der Waals surface area (Å²) in [5.41, 5.74) is 5.93. The van der Waals surface area contributed by atoms with Gasteiger partial charge in [0.15, 0.2) is 0 Å². The molecule has 2 heteroatoms. The molecule has 0 aliphatic carbocycles. The predicted octanol–water partition coefficient (Wildman–Crippen LogP) is 1.70. The van der Waals surface area contributed by atoms with Crippen molar-refractivity contribution in [2.75, 3.05) is 19.6 Å². The van der Waals surface area contributed by atoms with Gasteiger partial charge in [-0.25, -0.2) is 0 Å². The standard InChI is InChI=1S/C12H24N2/c1-9(2)7-12-11(8-13)10-3-5-14(12)6-4-10/h9-12H,3-8,13H2,1-2H3. The van der Waals surface area contributed by atoms with Gasteiger partial charge in [0.2, 0.25) is 0 Å². The van der Waals surface area contributed by atoms with E-state index in [1.54, 1.807) is 0 Å². The minimum atomic E-state index is 0.792. The van der Waals surface area contributed by atoms with Crippen molar-refractivity contribution in [2.45, 2.75) is 39.2 Å². The highest BCUT2D eigenvalue weighted by Gasteiger charge is 2.40. The molecule has 2 unspecified atom stereocenters. The fourth-order valence-corrected chi connectivity index (χ4v) is 3.42. The van der Waals surface area contributed by atoms with Crippen LogP contribution in [0.25, 0.3) is 0 Å². The van der Waals surface area contributed by atoms with E-state index in [4.69, 9.17) is 5.73 Å². The number of nitrogens with zero attached hydrogens (tertiary/aromatic N) is 1. The summed E-state index contributed by atoms with van der Waals surface area (Å²) in [5, 5.41) is 0. The monoisotopic (exact) mass is 196 g/mol. The van der Waals surface area contributed by atoms with Gasteiger partial charge in [-0.15, -0.1) is 0 Å². The minimum absolute atomic E-state index is 0.792. The SMILES string of the molecule is CC(C)CC1C(CN)C2CCN1CC2. The molecule has 0 aromatic heterocycles. The van der Waals surface area contributed by atoms with Crippen LogP contribution in [0.5, 0.6) is 0 Å². The number of hydrogen-bond acceptors (Lipinski definition) is 2. The van der Waals surface area contributed by atoms with E-state index in [1.165, 1.54) is 32.4 Å². The van der Waals surface area contributed by atoms with Crippen molar-refractivity contribution in [3.63, 3.8) is 0 Å². The van der Waals surface area contributed by atoms with E-state index in [-0.39, 0.29) is 0 Å². The summed E-state index contributed by atoms with van der Waals surface area (Å²) in [7, 11) is 0. The molecule has 3 saturated heterocycles. The van der Waals surface area contributed by atoms with Crippen LogP contribution in [0.2, 0.25) is 0 Å². The predicted molar refractivity (Wildman–Crippen MR) is 60.1 cm³/mol. The molecule has 3 aliphatic rings. The Bertz CT molecular complexity index is 183. The van der Waals surface area contributed by atoms with Crippen molar-refractivity contribution in [2.24, 2.45) is 23.5 Å². The highest BCUT2D eigenvalue weighted by Crippen LogP contribution is 2.38. The van der Waals surface area contributed by atoms with Gasteiger partial charge >= 0.3 is 0 Å². The molecule has 3 rings (SSSR count). The molecule has 14 heavy (non-hydrogen) atoms. The molecule has 2 N–H and O–H groups in total. The van der Waals surface area contributed by atoms with Gasteiger partial charge in [-0.3, -0.25) is 0 Å². The molecule has 0 saturated carbocycles. The molecule has 2 atom stereocenters. The number of rotatable bonds is 3. The Morgan fingerprint density at radius 2 is 1.93 bits per heavy atom. The van der Waals surface area contributed by atoms with Gasteiger partial charge in [0.25, 0.3) is 0 Å². The first-order chi connectivity index (χ1) is 6.72. The van der Waals surface area contributed by atoms with Crippen LogP contribution in [0.4, 0.5) is 0 Å². The summed E-state index contributed by atoms with van der Waals surface area (Å²) < 4.78 is 0. The third kappa shape index (κ3) is 1.82. The molecule has 2 nitrogen and oxygen atoms in total. The van der Waals surface area contributed by atoms with E-state index >= 15 is 0 Å². The van der Waals surface area contributed by atoms with E-state index < -0.39 is 0 Å². The number of fused-ring (bicyclic) bond motifs is 3. The molecule has 0 aromatic carbocycles. The van der Waals surface area contributed by atoms with Gasteiger partial charge in [0.05, 0.1) is 0 Å². The zero-order valence-electron chi connectivity index (χ0n) is 9.58. The molecule has 0 spiro atoms. The lowest BCUT2D eigenvalue weighted by atomic mass is 9.72. The molecule has 3 aliphatic heterocycles. The van der Waals surface area contributed by atoms with Crippen molar-refractivity contribution in [1.29, 1.82) is 0 Å². The summed E-state index contributed by atoms with van der Waals surface area (Å²) in [6.45, 7) is 8.23. The van der Waals surface area contributed by atoms with Gasteiger partial charge in [-0.05, 0) is 56.7 Å². The van der Waals surface area contributed by atoms with Crippen LogP contribution in [0.15, 0.2) is 0 Å². The first-order valence-electron chi connectivity index (χ1n) is 6.16. The maximum atomic E-state index is 5.93. The van der Waals surface area contributed by atoms with Crippen LogP contribution in [0.1, 0.15) is 33.1 Å². The van der Waals surface area contributed by atoms with Crippen molar-refractivity contribution in [1.82, 2.24) is 4.90 Å². The fourth-order valence-electron chi connectivity index (χ4n) is 3.42. The van der Waals surface area contributed by atoms with Gasteiger partial charge in [0, 0.05) is 6.04 Å². The van der Waals surface area contributed by atoms with Crippen molar-refractivity contribution in [3.05, 3.63) is 0 Å². The van der Waals surface area contributed by atoms with Crippen molar-refractivity contribution >= 4 is 0 Å². The minimum Gasteiger partial charge on any atom is -0.330 e. The molecule has 2 bridgehead atoms. The molecule has 0 radical (unpaired) electrons. The average Bonchev–Trinajstić information content (AvgIpc) is 2.18. The second-order valence-corrected chi connectivity index (χ2v) is 5.47. The fraction of sp³-hybridized carbons (Fsp3) is 1.00. The highest BCUT2D eigenvalue weighted by molar-refractivity contribution is 4.94. The van der Waals surface area contributed by atoms with Crippen molar-refractivity contribution < 1.29 is 0 Å². The summed E-state index contributed by atoms with van der Waals surface area (Å²) in [6, 6.07) is 0.799. The van der Waals surface area contributed by atoms with E-state index in [2.05, 4.69) is 18.7 Å². The summed E-state index contributed by atoms with van der Waals surface area (Å²) in [5.74, 6) is 2.54. The maximum absolute atomic E-state index is 5.93. The second kappa shape index (κ2) is 4.19. The summed E-state index contributed by atoms with van der Waals surface area (Å²) in [4.78, 5) is 2.69. The third-order valence-corrected chi connectivity index (χ3v) is 4.13. The van der Waals surface area contributed by atoms with Crippen LogP contribution < -0.4 is 5.73 Å². The first kappa shape index (κ1) is 10.4. The molecular formula is C12H24N2. The summed E-state index contributed by atoms with van der Waals surface area (Å²) >= 11 is 0. The first-order valence-corrected chi connectivity index (χ1v) is 6.16. The van der Waals surface area contributed by atoms with Crippen molar-refractivity contribution in [3.8, 4) is 0 Å². The van der Waals surface area contributed by atoms with Crippen LogP contribution in [0.3, 0.4) is 0 Å². The largest absolute Gasteiger partial charge is 0.330 e. The lowest BCUT2D eigenvalue weighted by Gasteiger charge is -2.51. The molecule has 0 amide bonds. The lowest BCUT2D eigenvalue weighted by Crippen LogP contribution is -2.57. The number of nitrogens with two attached hydrogens (primary N) is 1. The number of hydrogen-bond donors (Lipinski definition) is 1. The van der Waals surface area contributed by atoms with Gasteiger partial charge in [-0.2, -0.15) is 0 Å². The quantitative estimate of drug-likeness (QED) is 0.744. The average molecular weight is 196 g/mol. The Morgan fingerprint density at radius 3 is 2.43 bits per heavy atom. The Hall–Kier alpha value is -0.0800. The maximum Gasteiger partial charge on any atom is 0.0141 e. The Morgan fingerprint density at radius 1 is 1.29 bits per heavy atom. The van der Waals surface area contributed by atoms with E-state index in [1.807, 2.05) is 0 Å². The van der Waals surface area contributed by atoms with Gasteiger partial charge < -0.3 is 10.6 Å². The smallest absolute Gasteiger partial charge is 0.0141 e. The van der Waals surface area contributed by atoms with Gasteiger partial charge in [0.1, 0.15) is 0 Å².